The Bertz CT molecular complexity index is 553. The molecule has 0 heterocycles. The summed E-state index contributed by atoms with van der Waals surface area (Å²) in [5.74, 6) is 3.48. The highest BCUT2D eigenvalue weighted by atomic mass is 16.1. The van der Waals surface area contributed by atoms with Gasteiger partial charge in [0, 0.05) is 31.4 Å². The topological polar surface area (TPSA) is 32.3 Å². The molecule has 0 aromatic heterocycles. The summed E-state index contributed by atoms with van der Waals surface area (Å²) in [7, 11) is 4.02. The third-order valence-electron chi connectivity index (χ3n) is 6.15. The predicted molar refractivity (Wildman–Crippen MR) is 89.1 cm³/mol. The molecule has 1 amide bonds. The van der Waals surface area contributed by atoms with Gasteiger partial charge < -0.3 is 10.2 Å². The van der Waals surface area contributed by atoms with E-state index in [1.165, 1.54) is 32.1 Å². The number of anilines is 1. The van der Waals surface area contributed by atoms with Gasteiger partial charge in [0.15, 0.2) is 0 Å². The van der Waals surface area contributed by atoms with E-state index >= 15 is 0 Å². The summed E-state index contributed by atoms with van der Waals surface area (Å²) in [5, 5.41) is 3.39. The number of hydrogen-bond acceptors (Lipinski definition) is 2. The van der Waals surface area contributed by atoms with Gasteiger partial charge in [0.1, 0.15) is 0 Å². The third-order valence-corrected chi connectivity index (χ3v) is 6.15. The summed E-state index contributed by atoms with van der Waals surface area (Å²) in [6.07, 6.45) is 6.83. The normalized spacial score (nSPS) is 35.5. The minimum absolute atomic E-state index is 0.112. The van der Waals surface area contributed by atoms with E-state index in [1.54, 1.807) is 0 Å². The number of nitrogens with zero attached hydrogens (tertiary/aromatic N) is 1. The molecule has 0 atom stereocenters. The number of rotatable bonds is 3. The molecule has 4 aliphatic rings. The fourth-order valence-corrected chi connectivity index (χ4v) is 5.32. The molecule has 4 aliphatic carbocycles. The zero-order valence-corrected chi connectivity index (χ0v) is 13.6. The number of carbonyl (C=O) groups excluding carboxylic acids is 1. The van der Waals surface area contributed by atoms with Crippen molar-refractivity contribution in [3.05, 3.63) is 29.8 Å². The van der Waals surface area contributed by atoms with Crippen molar-refractivity contribution < 1.29 is 4.79 Å². The third kappa shape index (κ3) is 2.41. The Morgan fingerprint density at radius 2 is 1.68 bits per heavy atom. The number of carbonyl (C=O) groups is 1. The highest BCUT2D eigenvalue weighted by molar-refractivity contribution is 5.95. The van der Waals surface area contributed by atoms with Gasteiger partial charge in [-0.15, -0.1) is 0 Å². The molecule has 0 radical (unpaired) electrons. The molecule has 0 unspecified atom stereocenters. The minimum atomic E-state index is 0.112. The molecule has 1 aromatic rings. The molecule has 4 fully saturated rings. The fourth-order valence-electron chi connectivity index (χ4n) is 5.32. The Morgan fingerprint density at radius 3 is 2.27 bits per heavy atom. The lowest BCUT2D eigenvalue weighted by Gasteiger charge is -2.54. The van der Waals surface area contributed by atoms with Crippen LogP contribution in [0.2, 0.25) is 0 Å². The lowest BCUT2D eigenvalue weighted by Crippen LogP contribution is -2.55. The van der Waals surface area contributed by atoms with Crippen molar-refractivity contribution in [3.8, 4) is 0 Å². The van der Waals surface area contributed by atoms with Crippen LogP contribution in [0, 0.1) is 23.7 Å². The maximum absolute atomic E-state index is 12.7. The molecule has 1 aromatic carbocycles. The van der Waals surface area contributed by atoms with Gasteiger partial charge in [-0.25, -0.2) is 0 Å². The zero-order chi connectivity index (χ0) is 15.3. The van der Waals surface area contributed by atoms with Crippen LogP contribution in [0.5, 0.6) is 0 Å². The first-order valence-corrected chi connectivity index (χ1v) is 8.68. The van der Waals surface area contributed by atoms with Gasteiger partial charge >= 0.3 is 0 Å². The molecule has 1 N–H and O–H groups in total. The van der Waals surface area contributed by atoms with E-state index in [2.05, 4.69) is 5.32 Å². The Kier molecular flexibility index (Phi) is 3.39. The molecule has 3 nitrogen and oxygen atoms in total. The molecule has 22 heavy (non-hydrogen) atoms. The van der Waals surface area contributed by atoms with E-state index in [-0.39, 0.29) is 5.91 Å². The molecule has 0 aliphatic heterocycles. The van der Waals surface area contributed by atoms with Crippen molar-refractivity contribution in [1.29, 1.82) is 0 Å². The van der Waals surface area contributed by atoms with Gasteiger partial charge in [0.2, 0.25) is 0 Å². The summed E-state index contributed by atoms with van der Waals surface area (Å²) in [4.78, 5) is 14.7. The number of hydrogen-bond donors (Lipinski definition) is 1. The van der Waals surface area contributed by atoms with Crippen LogP contribution in [-0.2, 0) is 0 Å². The second kappa shape index (κ2) is 5.29. The Labute approximate surface area is 133 Å². The summed E-state index contributed by atoms with van der Waals surface area (Å²) < 4.78 is 0. The van der Waals surface area contributed by atoms with Crippen molar-refractivity contribution in [1.82, 2.24) is 5.32 Å². The first-order valence-electron chi connectivity index (χ1n) is 8.68. The SMILES string of the molecule is CN(C)c1cccc(C(=O)NC2C3CC4CC(C3)CC2C4)c1. The van der Waals surface area contributed by atoms with E-state index in [9.17, 15) is 4.79 Å². The van der Waals surface area contributed by atoms with Crippen molar-refractivity contribution in [2.24, 2.45) is 23.7 Å². The molecule has 3 heteroatoms. The van der Waals surface area contributed by atoms with E-state index in [0.717, 1.165) is 34.9 Å². The molecular weight excluding hydrogens is 272 g/mol. The molecule has 0 saturated heterocycles. The van der Waals surface area contributed by atoms with Crippen molar-refractivity contribution in [2.45, 2.75) is 38.1 Å². The number of amides is 1. The van der Waals surface area contributed by atoms with E-state index in [4.69, 9.17) is 0 Å². The van der Waals surface area contributed by atoms with Gasteiger partial charge in [-0.2, -0.15) is 0 Å². The molecule has 5 rings (SSSR count). The van der Waals surface area contributed by atoms with Gasteiger partial charge in [-0.3, -0.25) is 4.79 Å². The van der Waals surface area contributed by atoms with Crippen LogP contribution in [0.3, 0.4) is 0 Å². The second-order valence-electron chi connectivity index (χ2n) is 7.87. The smallest absolute Gasteiger partial charge is 0.251 e. The zero-order valence-electron chi connectivity index (χ0n) is 13.6. The van der Waals surface area contributed by atoms with Gasteiger partial charge in [-0.1, -0.05) is 6.07 Å². The van der Waals surface area contributed by atoms with Gasteiger partial charge in [0.25, 0.3) is 5.91 Å². The maximum atomic E-state index is 12.7. The van der Waals surface area contributed by atoms with E-state index < -0.39 is 0 Å². The average Bonchev–Trinajstić information content (AvgIpc) is 2.50. The summed E-state index contributed by atoms with van der Waals surface area (Å²) in [5.41, 5.74) is 1.87. The Hall–Kier alpha value is -1.51. The monoisotopic (exact) mass is 298 g/mol. The Morgan fingerprint density at radius 1 is 1.05 bits per heavy atom. The van der Waals surface area contributed by atoms with Crippen LogP contribution in [-0.4, -0.2) is 26.0 Å². The van der Waals surface area contributed by atoms with E-state index in [0.29, 0.717) is 6.04 Å². The fraction of sp³-hybridized carbons (Fsp3) is 0.632. The standard InChI is InChI=1S/C19H26N2O/c1-21(2)17-5-3-4-14(11-17)19(22)20-18-15-7-12-6-13(9-15)10-16(18)8-12/h3-5,11-13,15-16,18H,6-10H2,1-2H3,(H,20,22). The number of nitrogens with one attached hydrogen (secondary N) is 1. The predicted octanol–water partition coefficient (Wildman–Crippen LogP) is 3.31. The highest BCUT2D eigenvalue weighted by Gasteiger charge is 2.48. The molecular formula is C19H26N2O. The Balaban J connectivity index is 1.49. The van der Waals surface area contributed by atoms with Crippen molar-refractivity contribution >= 4 is 11.6 Å². The first kappa shape index (κ1) is 14.1. The highest BCUT2D eigenvalue weighted by Crippen LogP contribution is 2.53. The van der Waals surface area contributed by atoms with Crippen LogP contribution in [0.25, 0.3) is 0 Å². The van der Waals surface area contributed by atoms with Gasteiger partial charge in [-0.05, 0) is 74.0 Å². The average molecular weight is 298 g/mol. The molecule has 4 saturated carbocycles. The summed E-state index contributed by atoms with van der Waals surface area (Å²) in [6.45, 7) is 0. The largest absolute Gasteiger partial charge is 0.378 e. The lowest BCUT2D eigenvalue weighted by molar-refractivity contribution is -0.0119. The van der Waals surface area contributed by atoms with Gasteiger partial charge in [0.05, 0.1) is 0 Å². The second-order valence-corrected chi connectivity index (χ2v) is 7.87. The van der Waals surface area contributed by atoms with Crippen molar-refractivity contribution in [3.63, 3.8) is 0 Å². The first-order chi connectivity index (χ1) is 10.6. The number of benzene rings is 1. The summed E-state index contributed by atoms with van der Waals surface area (Å²) in [6, 6.07) is 8.35. The minimum Gasteiger partial charge on any atom is -0.378 e. The van der Waals surface area contributed by atoms with Crippen LogP contribution in [0.15, 0.2) is 24.3 Å². The molecule has 0 spiro atoms. The quantitative estimate of drug-likeness (QED) is 0.928. The van der Waals surface area contributed by atoms with E-state index in [1.807, 2.05) is 43.3 Å². The van der Waals surface area contributed by atoms with Crippen molar-refractivity contribution in [2.75, 3.05) is 19.0 Å². The summed E-state index contributed by atoms with van der Waals surface area (Å²) >= 11 is 0. The maximum Gasteiger partial charge on any atom is 0.251 e. The van der Waals surface area contributed by atoms with Crippen LogP contribution in [0.1, 0.15) is 42.5 Å². The van der Waals surface area contributed by atoms with Crippen LogP contribution < -0.4 is 10.2 Å². The van der Waals surface area contributed by atoms with Crippen LogP contribution in [0.4, 0.5) is 5.69 Å². The lowest BCUT2D eigenvalue weighted by atomic mass is 9.54. The molecule has 4 bridgehead atoms. The van der Waals surface area contributed by atoms with Crippen LogP contribution >= 0.6 is 0 Å². The molecule has 118 valence electrons.